The minimum absolute atomic E-state index is 1.05. The maximum absolute atomic E-state index is 4.95. The average molecular weight is 1130 g/mol. The quantitative estimate of drug-likeness (QED) is 0.0361. The zero-order valence-corrected chi connectivity index (χ0v) is 48.9. The van der Waals surface area contributed by atoms with Gasteiger partial charge in [-0.05, 0) is 0 Å². The fraction of sp³-hybridized carbons (Fsp3) is 0.577. The third-order valence-corrected chi connectivity index (χ3v) is 36.6. The van der Waals surface area contributed by atoms with E-state index >= 15 is 0 Å². The summed E-state index contributed by atoms with van der Waals surface area (Å²) < 4.78 is 13.3. The van der Waals surface area contributed by atoms with E-state index in [4.69, 9.17) is 8.75 Å². The Bertz CT molecular complexity index is 2050. The number of hydrogen-bond acceptors (Lipinski definition) is 7. The number of fused-ring (bicyclic) bond motifs is 1. The zero-order chi connectivity index (χ0) is 43.2. The normalized spacial score (nSPS) is 12.4. The van der Waals surface area contributed by atoms with Gasteiger partial charge in [0.2, 0.25) is 0 Å². The molecule has 6 rings (SSSR count). The number of aryl methyl sites for hydroxylation is 2. The molecular weight excluding hydrogens is 1050 g/mol. The van der Waals surface area contributed by atoms with Gasteiger partial charge in [0.1, 0.15) is 0 Å². The maximum atomic E-state index is 4.95. The van der Waals surface area contributed by atoms with E-state index in [-0.39, 0.29) is 0 Å². The van der Waals surface area contributed by atoms with Crippen LogP contribution in [0.3, 0.4) is 0 Å². The standard InChI is InChI=1S/C46H58N2S5.6CH3.2Sn/c1-3-5-7-9-11-13-15-17-19-21-23-35-31-33-49-45(35)41-29-27-39(51-41)37-25-26-38(44-43(37)47-53-48-44)40-28-30-42(52-40)46-36(32-34-50-46)24-22-20-18-16-14-12-10-8-6-4-2;;;;;;;;/h25-32H,3-24H2,1-2H3;6*1H3;;. The van der Waals surface area contributed by atoms with E-state index in [9.17, 15) is 0 Å². The molecule has 0 aliphatic rings. The third kappa shape index (κ3) is 14.5. The summed E-state index contributed by atoms with van der Waals surface area (Å²) in [5, 5.41) is 0. The molecular formula is C52H76N2S5Sn2. The second-order valence-corrected chi connectivity index (χ2v) is 55.4. The van der Waals surface area contributed by atoms with E-state index in [0.29, 0.717) is 0 Å². The van der Waals surface area contributed by atoms with Crippen LogP contribution in [0.25, 0.3) is 51.4 Å². The van der Waals surface area contributed by atoms with Gasteiger partial charge in [-0.3, -0.25) is 0 Å². The fourth-order valence-electron chi connectivity index (χ4n) is 8.46. The van der Waals surface area contributed by atoms with Crippen molar-refractivity contribution in [2.75, 3.05) is 0 Å². The molecule has 0 spiro atoms. The Morgan fingerprint density at radius 1 is 0.393 bits per heavy atom. The van der Waals surface area contributed by atoms with Crippen molar-refractivity contribution < 1.29 is 0 Å². The van der Waals surface area contributed by atoms with E-state index < -0.39 is 36.8 Å². The first-order chi connectivity index (χ1) is 29.5. The predicted molar refractivity (Wildman–Crippen MR) is 288 cm³/mol. The van der Waals surface area contributed by atoms with Crippen molar-refractivity contribution in [2.45, 2.75) is 185 Å². The van der Waals surface area contributed by atoms with Gasteiger partial charge in [0.05, 0.1) is 0 Å². The molecule has 0 radical (unpaired) electrons. The molecule has 5 heterocycles. The summed E-state index contributed by atoms with van der Waals surface area (Å²) in [5.74, 6) is 0. The second kappa shape index (κ2) is 24.8. The Balaban J connectivity index is 1.14. The molecule has 5 aromatic heterocycles. The van der Waals surface area contributed by atoms with Gasteiger partial charge in [-0.25, -0.2) is 0 Å². The van der Waals surface area contributed by atoms with E-state index in [1.807, 2.05) is 22.7 Å². The van der Waals surface area contributed by atoms with Crippen molar-refractivity contribution in [3.8, 4) is 40.4 Å². The molecule has 0 atom stereocenters. The molecule has 0 bridgehead atoms. The molecule has 0 saturated heterocycles. The van der Waals surface area contributed by atoms with Crippen molar-refractivity contribution in [2.24, 2.45) is 0 Å². The number of thiophene rings is 4. The Hall–Kier alpha value is -0.563. The molecule has 2 nitrogen and oxygen atoms in total. The van der Waals surface area contributed by atoms with Gasteiger partial charge in [-0.1, -0.05) is 39.5 Å². The van der Waals surface area contributed by atoms with Crippen LogP contribution in [0.1, 0.15) is 153 Å². The number of hydrogen-bond donors (Lipinski definition) is 0. The van der Waals surface area contributed by atoms with Crippen LogP contribution in [0.15, 0.2) is 48.5 Å². The molecule has 6 aromatic rings. The number of aromatic nitrogens is 2. The van der Waals surface area contributed by atoms with Gasteiger partial charge in [0, 0.05) is 0 Å². The van der Waals surface area contributed by atoms with E-state index in [0.717, 1.165) is 11.0 Å². The molecule has 0 unspecified atom stereocenters. The van der Waals surface area contributed by atoms with Gasteiger partial charge in [-0.2, -0.15) is 0 Å². The van der Waals surface area contributed by atoms with Crippen LogP contribution in [0, 0.1) is 0 Å². The Labute approximate surface area is 399 Å². The topological polar surface area (TPSA) is 25.8 Å². The van der Waals surface area contributed by atoms with E-state index in [1.165, 1.54) is 193 Å². The molecule has 0 aliphatic carbocycles. The third-order valence-electron chi connectivity index (χ3n) is 12.3. The van der Waals surface area contributed by atoms with Crippen molar-refractivity contribution >= 4 is 111 Å². The van der Waals surface area contributed by atoms with E-state index in [1.54, 1.807) is 16.9 Å². The molecule has 0 amide bonds. The molecule has 0 aliphatic heterocycles. The van der Waals surface area contributed by atoms with Gasteiger partial charge in [0.15, 0.2) is 0 Å². The first-order valence-electron chi connectivity index (χ1n) is 24.2. The number of nitrogens with zero attached hydrogens (tertiary/aromatic N) is 2. The van der Waals surface area contributed by atoms with Crippen LogP contribution in [0.4, 0.5) is 0 Å². The molecule has 0 saturated carbocycles. The van der Waals surface area contributed by atoms with Gasteiger partial charge in [0.25, 0.3) is 0 Å². The molecule has 0 fully saturated rings. The van der Waals surface area contributed by atoms with Crippen LogP contribution >= 0.6 is 57.1 Å². The Morgan fingerprint density at radius 3 is 1.07 bits per heavy atom. The van der Waals surface area contributed by atoms with Crippen LogP contribution in [-0.2, 0) is 12.8 Å². The fourth-order valence-corrected chi connectivity index (χ4v) is 24.4. The number of unbranched alkanes of at least 4 members (excludes halogenated alkanes) is 18. The summed E-state index contributed by atoms with van der Waals surface area (Å²) in [7, 11) is 0. The minimum atomic E-state index is -2.22. The SMILES string of the molecule is CCCCCCCCCCCCc1c[c]([Sn]([CH3])([CH3])[CH3])sc1-c1ccc(-c2ccc(-c3ccc(-c4s[c]([Sn]([CH3])([CH3])[CH3])cc4CCCCCCCCCCCC)s3)c3nsnc23)s1. The molecule has 9 heteroatoms. The van der Waals surface area contributed by atoms with Crippen molar-refractivity contribution in [1.29, 1.82) is 0 Å². The van der Waals surface area contributed by atoms with Crippen LogP contribution in [-0.4, -0.2) is 45.5 Å². The number of rotatable bonds is 28. The van der Waals surface area contributed by atoms with Crippen LogP contribution in [0.5, 0.6) is 0 Å². The predicted octanol–water partition coefficient (Wildman–Crippen LogP) is 18.6. The molecule has 0 N–H and O–H groups in total. The summed E-state index contributed by atoms with van der Waals surface area (Å²) >= 11 is 5.06. The second-order valence-electron chi connectivity index (χ2n) is 19.7. The zero-order valence-electron chi connectivity index (χ0n) is 39.1. The summed E-state index contributed by atoms with van der Waals surface area (Å²) in [4.78, 5) is 24.0. The van der Waals surface area contributed by atoms with Crippen LogP contribution < -0.4 is 5.79 Å². The van der Waals surface area contributed by atoms with Crippen molar-refractivity contribution in [3.63, 3.8) is 0 Å². The van der Waals surface area contributed by atoms with Gasteiger partial charge < -0.3 is 0 Å². The Morgan fingerprint density at radius 2 is 0.721 bits per heavy atom. The molecule has 61 heavy (non-hydrogen) atoms. The van der Waals surface area contributed by atoms with E-state index in [2.05, 4.69) is 115 Å². The van der Waals surface area contributed by atoms with Crippen LogP contribution in [0.2, 0.25) is 29.6 Å². The summed E-state index contributed by atoms with van der Waals surface area (Å²) in [5.41, 5.74) is 7.75. The monoisotopic (exact) mass is 1130 g/mol. The molecule has 1 aromatic carbocycles. The first kappa shape index (κ1) is 49.9. The van der Waals surface area contributed by atoms with Crippen molar-refractivity contribution in [1.82, 2.24) is 8.75 Å². The first-order valence-corrected chi connectivity index (χ1v) is 48.2. The summed E-state index contributed by atoms with van der Waals surface area (Å²) in [6, 6.07) is 19.4. The molecule has 332 valence electrons. The Kier molecular flexibility index (Phi) is 20.3. The summed E-state index contributed by atoms with van der Waals surface area (Å²) in [6.45, 7) is 4.62. The number of benzene rings is 1. The van der Waals surface area contributed by atoms with Gasteiger partial charge >= 0.3 is 365 Å². The summed E-state index contributed by atoms with van der Waals surface area (Å²) in [6.07, 6.45) is 30.2. The van der Waals surface area contributed by atoms with Crippen molar-refractivity contribution in [3.05, 3.63) is 59.7 Å². The average Bonchev–Trinajstić information content (AvgIpc) is 4.08. The van der Waals surface area contributed by atoms with Gasteiger partial charge in [-0.15, -0.1) is 0 Å².